The number of carbonyl (C=O) groups excluding carboxylic acids is 2. The van der Waals surface area contributed by atoms with E-state index in [9.17, 15) is 19.8 Å². The Bertz CT molecular complexity index is 1500. The van der Waals surface area contributed by atoms with Crippen LogP contribution in [-0.4, -0.2) is 53.2 Å². The Balaban J connectivity index is 1.18. The van der Waals surface area contributed by atoms with Crippen LogP contribution in [0.4, 0.5) is 5.69 Å². The summed E-state index contributed by atoms with van der Waals surface area (Å²) in [7, 11) is 1.91. The maximum atomic E-state index is 13.8. The van der Waals surface area contributed by atoms with Crippen LogP contribution in [-0.2, 0) is 25.5 Å². The summed E-state index contributed by atoms with van der Waals surface area (Å²) >= 11 is 1.56. The first-order valence-electron chi connectivity index (χ1n) is 15.1. The number of Topliss-reactive ketones (excluding diaryl/α,β-unsaturated/α-hetero) is 1. The van der Waals surface area contributed by atoms with Gasteiger partial charge in [0.1, 0.15) is 6.61 Å². The topological polar surface area (TPSA) is 105 Å². The lowest BCUT2D eigenvalue weighted by Crippen LogP contribution is -2.63. The zero-order valence-electron chi connectivity index (χ0n) is 24.3. The van der Waals surface area contributed by atoms with Crippen molar-refractivity contribution >= 4 is 28.6 Å². The zero-order chi connectivity index (χ0) is 29.4. The van der Waals surface area contributed by atoms with Crippen molar-refractivity contribution in [1.82, 2.24) is 0 Å². The fourth-order valence-electron chi connectivity index (χ4n) is 9.50. The minimum absolute atomic E-state index is 0.00928. The molecule has 222 valence electrons. The quantitative estimate of drug-likeness (QED) is 0.436. The van der Waals surface area contributed by atoms with Crippen LogP contribution in [0, 0.1) is 28.6 Å². The van der Waals surface area contributed by atoms with Crippen LogP contribution in [0.2, 0.25) is 0 Å². The van der Waals surface area contributed by atoms with Gasteiger partial charge in [0.05, 0.1) is 17.1 Å². The summed E-state index contributed by atoms with van der Waals surface area (Å²) in [6.45, 7) is 3.58. The molecule has 1 aromatic heterocycles. The molecule has 9 atom stereocenters. The number of aliphatic hydroxyl groups is 2. The van der Waals surface area contributed by atoms with Crippen LogP contribution in [0.25, 0.3) is 0 Å². The Hall–Kier alpha value is -2.62. The van der Waals surface area contributed by atoms with Crippen LogP contribution in [0.15, 0.2) is 59.5 Å². The third-order valence-corrected chi connectivity index (χ3v) is 12.3. The first-order valence-corrected chi connectivity index (χ1v) is 15.9. The fourth-order valence-corrected chi connectivity index (χ4v) is 10.4. The number of anilines is 1. The predicted molar refractivity (Wildman–Crippen MR) is 160 cm³/mol. The molecule has 1 aliphatic heterocycles. The maximum Gasteiger partial charge on any atom is 0.194 e. The summed E-state index contributed by atoms with van der Waals surface area (Å²) in [5, 5.41) is 27.3. The lowest BCUT2D eigenvalue weighted by Gasteiger charge is -2.59. The van der Waals surface area contributed by atoms with Crippen molar-refractivity contribution in [1.29, 1.82) is 0 Å². The Morgan fingerprint density at radius 3 is 2.83 bits per heavy atom. The van der Waals surface area contributed by atoms with Crippen molar-refractivity contribution in [3.63, 3.8) is 0 Å². The molecule has 1 aromatic carbocycles. The van der Waals surface area contributed by atoms with Gasteiger partial charge in [0, 0.05) is 29.5 Å². The van der Waals surface area contributed by atoms with Crippen LogP contribution < -0.4 is 5.32 Å². The molecule has 0 amide bonds. The van der Waals surface area contributed by atoms with Gasteiger partial charge < -0.3 is 25.0 Å². The second kappa shape index (κ2) is 9.96. The molecule has 7 rings (SSSR count). The molecule has 3 saturated carbocycles. The number of hydrogen-bond donors (Lipinski definition) is 3. The summed E-state index contributed by atoms with van der Waals surface area (Å²) in [4.78, 5) is 26.8. The molecule has 5 aliphatic rings. The Morgan fingerprint density at radius 2 is 2.05 bits per heavy atom. The molecule has 0 spiro atoms. The van der Waals surface area contributed by atoms with Gasteiger partial charge in [-0.25, -0.2) is 0 Å². The normalized spacial score (nSPS) is 40.1. The molecule has 42 heavy (non-hydrogen) atoms. The number of fused-ring (bicyclic) bond motifs is 7. The third kappa shape index (κ3) is 3.92. The molecule has 7 nitrogen and oxygen atoms in total. The smallest absolute Gasteiger partial charge is 0.194 e. The van der Waals surface area contributed by atoms with Crippen LogP contribution >= 0.6 is 11.3 Å². The summed E-state index contributed by atoms with van der Waals surface area (Å²) in [6, 6.07) is 10.4. The maximum absolute atomic E-state index is 13.8. The van der Waals surface area contributed by atoms with E-state index in [1.165, 1.54) is 5.56 Å². The van der Waals surface area contributed by atoms with Crippen LogP contribution in [0.1, 0.15) is 61.8 Å². The first kappa shape index (κ1) is 28.2. The Labute approximate surface area is 250 Å². The summed E-state index contributed by atoms with van der Waals surface area (Å²) in [5.74, 6) is -0.195. The van der Waals surface area contributed by atoms with E-state index >= 15 is 0 Å². The molecule has 8 heteroatoms. The largest absolute Gasteiger partial charge is 0.393 e. The van der Waals surface area contributed by atoms with Gasteiger partial charge in [0.25, 0.3) is 0 Å². The lowest BCUT2D eigenvalue weighted by atomic mass is 9.46. The van der Waals surface area contributed by atoms with Crippen molar-refractivity contribution in [3.05, 3.63) is 75.5 Å². The number of nitrogens with one attached hydrogen (secondary N) is 1. The Kier molecular flexibility index (Phi) is 6.68. The third-order valence-electron chi connectivity index (χ3n) is 11.3. The molecule has 0 bridgehead atoms. The Morgan fingerprint density at radius 1 is 1.21 bits per heavy atom. The van der Waals surface area contributed by atoms with Crippen molar-refractivity contribution in [2.75, 3.05) is 19.0 Å². The van der Waals surface area contributed by atoms with Crippen molar-refractivity contribution in [3.8, 4) is 0 Å². The van der Waals surface area contributed by atoms with Crippen molar-refractivity contribution in [2.45, 2.75) is 70.1 Å². The van der Waals surface area contributed by atoms with Crippen LogP contribution in [0.5, 0.6) is 0 Å². The minimum atomic E-state index is -1.33. The number of ketones is 2. The van der Waals surface area contributed by atoms with E-state index in [2.05, 4.69) is 42.7 Å². The number of carbonyl (C=O) groups is 2. The number of benzene rings is 1. The van der Waals surface area contributed by atoms with E-state index < -0.39 is 41.5 Å². The average molecular weight is 590 g/mol. The standard InChI is InChI=1S/C34H39NO6S/c1-32-10-9-23(37)14-21(32)7-8-24-25-15-29-34(28(39)17-36,33(25,2)16-26(38)30(24)32)41-31(40-29)27-13-20(18-42-27)11-19-5-4-6-22(12-19)35-3/h4-6,9-10,12-14,18,24-26,29-31,35-36,38H,7-8,11,15-17H2,1-3H3/t24-,25-,26-,29+,30+,31+,32-,33-,34+/m0/s1. The van der Waals surface area contributed by atoms with Crippen LogP contribution in [0.3, 0.4) is 0 Å². The molecular formula is C34H39NO6S. The second-order valence-corrected chi connectivity index (χ2v) is 14.3. The molecule has 4 fully saturated rings. The monoisotopic (exact) mass is 589 g/mol. The van der Waals surface area contributed by atoms with Gasteiger partial charge in [-0.2, -0.15) is 0 Å². The summed E-state index contributed by atoms with van der Waals surface area (Å²) < 4.78 is 13.4. The van der Waals surface area contributed by atoms with E-state index in [0.717, 1.165) is 41.0 Å². The molecule has 0 radical (unpaired) electrons. The number of rotatable bonds is 6. The highest BCUT2D eigenvalue weighted by molar-refractivity contribution is 7.10. The van der Waals surface area contributed by atoms with E-state index in [4.69, 9.17) is 9.47 Å². The zero-order valence-corrected chi connectivity index (χ0v) is 25.2. The SMILES string of the molecule is CNc1cccc(Cc2csc([C@@H]3O[C@@H]4C[C@H]5[C@@H]6CCC7=CC(=O)C=C[C@]7(C)[C@H]6[C@@H](O)C[C@]5(C)[C@]4(C(=O)CO)O3)c2)c1. The average Bonchev–Trinajstić information content (AvgIpc) is 3.65. The number of thiophene rings is 1. The van der Waals surface area contributed by atoms with E-state index in [1.807, 2.05) is 25.3 Å². The fraction of sp³-hybridized carbons (Fsp3) is 0.529. The van der Waals surface area contributed by atoms with Crippen molar-refractivity contribution < 1.29 is 29.3 Å². The first-order chi connectivity index (χ1) is 20.1. The number of hydrogen-bond acceptors (Lipinski definition) is 8. The number of allylic oxidation sites excluding steroid dienone is 4. The molecule has 1 saturated heterocycles. The molecule has 0 unspecified atom stereocenters. The predicted octanol–water partition coefficient (Wildman–Crippen LogP) is 4.98. The summed E-state index contributed by atoms with van der Waals surface area (Å²) in [5.41, 5.74) is 2.07. The van der Waals surface area contributed by atoms with Crippen molar-refractivity contribution in [2.24, 2.45) is 28.6 Å². The molecule has 3 N–H and O–H groups in total. The highest BCUT2D eigenvalue weighted by Crippen LogP contribution is 2.70. The second-order valence-electron chi connectivity index (χ2n) is 13.3. The van der Waals surface area contributed by atoms with Gasteiger partial charge in [-0.15, -0.1) is 11.3 Å². The highest BCUT2D eigenvalue weighted by atomic mass is 32.1. The van der Waals surface area contributed by atoms with Gasteiger partial charge in [-0.3, -0.25) is 9.59 Å². The van der Waals surface area contributed by atoms with E-state index in [1.54, 1.807) is 23.5 Å². The van der Waals surface area contributed by atoms with Gasteiger partial charge in [0.2, 0.25) is 0 Å². The molecule has 2 aromatic rings. The summed E-state index contributed by atoms with van der Waals surface area (Å²) in [6.07, 6.45) is 6.90. The number of ether oxygens (including phenoxy) is 2. The highest BCUT2D eigenvalue weighted by Gasteiger charge is 2.76. The molecule has 4 aliphatic carbocycles. The van der Waals surface area contributed by atoms with Gasteiger partial charge in [-0.1, -0.05) is 37.6 Å². The molecule has 2 heterocycles. The van der Waals surface area contributed by atoms with Gasteiger partial charge in [0.15, 0.2) is 23.5 Å². The van der Waals surface area contributed by atoms with E-state index in [0.29, 0.717) is 12.8 Å². The minimum Gasteiger partial charge on any atom is -0.393 e. The van der Waals surface area contributed by atoms with Gasteiger partial charge >= 0.3 is 0 Å². The van der Waals surface area contributed by atoms with Gasteiger partial charge in [-0.05, 0) is 90.8 Å². The number of aliphatic hydroxyl groups excluding tert-OH is 2. The van der Waals surface area contributed by atoms with E-state index in [-0.39, 0.29) is 29.3 Å². The molecular weight excluding hydrogens is 550 g/mol. The lowest BCUT2D eigenvalue weighted by molar-refractivity contribution is -0.200.